The lowest BCUT2D eigenvalue weighted by Gasteiger charge is -2.27. The van der Waals surface area contributed by atoms with Crippen LogP contribution in [-0.4, -0.2) is 70.3 Å². The molecule has 1 N–H and O–H groups in total. The number of morpholine rings is 1. The second-order valence-electron chi connectivity index (χ2n) is 9.08. The number of nitrogens with zero attached hydrogens (tertiary/aromatic N) is 8. The average Bonchev–Trinajstić information content (AvgIpc) is 3.30. The minimum Gasteiger partial charge on any atom is -0.378 e. The van der Waals surface area contributed by atoms with Crippen molar-refractivity contribution in [3.63, 3.8) is 0 Å². The highest BCUT2D eigenvalue weighted by molar-refractivity contribution is 5.66. The number of halogens is 4. The Kier molecular flexibility index (Phi) is 7.04. The van der Waals surface area contributed by atoms with E-state index in [1.165, 1.54) is 11.0 Å². The van der Waals surface area contributed by atoms with Crippen molar-refractivity contribution < 1.29 is 22.3 Å². The van der Waals surface area contributed by atoms with Gasteiger partial charge in [0.2, 0.25) is 0 Å². The Balaban J connectivity index is 1.38. The third kappa shape index (κ3) is 5.74. The number of aryl methyl sites for hydroxylation is 1. The molecule has 39 heavy (non-hydrogen) atoms. The highest BCUT2D eigenvalue weighted by Gasteiger charge is 2.31. The number of nitrogens with one attached hydrogen (secondary N) is 1. The number of anilines is 4. The average molecular weight is 544 g/mol. The van der Waals surface area contributed by atoms with Crippen molar-refractivity contribution in [2.75, 3.05) is 55.5 Å². The molecule has 14 heteroatoms. The van der Waals surface area contributed by atoms with E-state index in [0.29, 0.717) is 54.9 Å². The van der Waals surface area contributed by atoms with Crippen LogP contribution in [0.25, 0.3) is 17.3 Å². The first-order chi connectivity index (χ1) is 18.6. The normalized spacial score (nSPS) is 14.0. The smallest absolute Gasteiger partial charge is 0.378 e. The Morgan fingerprint density at radius 1 is 0.974 bits per heavy atom. The van der Waals surface area contributed by atoms with Gasteiger partial charge in [-0.3, -0.25) is 0 Å². The van der Waals surface area contributed by atoms with Crippen LogP contribution in [0.5, 0.6) is 0 Å². The highest BCUT2D eigenvalue weighted by atomic mass is 19.4. The second-order valence-corrected chi connectivity index (χ2v) is 9.08. The predicted octanol–water partition coefficient (Wildman–Crippen LogP) is 4.23. The van der Waals surface area contributed by atoms with Crippen molar-refractivity contribution in [3.05, 3.63) is 59.8 Å². The maximum Gasteiger partial charge on any atom is 0.416 e. The van der Waals surface area contributed by atoms with Crippen molar-refractivity contribution in [1.29, 1.82) is 0 Å². The third-order valence-electron chi connectivity index (χ3n) is 6.03. The number of alkyl halides is 3. The lowest BCUT2D eigenvalue weighted by Crippen LogP contribution is -2.37. The van der Waals surface area contributed by atoms with E-state index < -0.39 is 17.6 Å². The van der Waals surface area contributed by atoms with Gasteiger partial charge in [0.1, 0.15) is 0 Å². The lowest BCUT2D eigenvalue weighted by molar-refractivity contribution is -0.137. The fraction of sp³-hybridized carbons (Fsp3) is 0.320. The first-order valence-corrected chi connectivity index (χ1v) is 12.0. The Hall–Kier alpha value is -4.33. The molecule has 1 fully saturated rings. The third-order valence-corrected chi connectivity index (χ3v) is 6.03. The van der Waals surface area contributed by atoms with E-state index in [2.05, 4.69) is 30.5 Å². The van der Waals surface area contributed by atoms with E-state index in [4.69, 9.17) is 4.74 Å². The van der Waals surface area contributed by atoms with Crippen LogP contribution >= 0.6 is 0 Å². The van der Waals surface area contributed by atoms with E-state index in [9.17, 15) is 17.6 Å². The number of hydrogen-bond donors (Lipinski definition) is 1. The maximum absolute atomic E-state index is 14.5. The van der Waals surface area contributed by atoms with Gasteiger partial charge >= 0.3 is 6.18 Å². The maximum atomic E-state index is 14.5. The summed E-state index contributed by atoms with van der Waals surface area (Å²) >= 11 is 0. The number of ether oxygens (including phenoxy) is 1. The van der Waals surface area contributed by atoms with Gasteiger partial charge in [-0.25, -0.2) is 19.3 Å². The molecule has 4 heterocycles. The number of hydrogen-bond acceptors (Lipinski definition) is 9. The molecule has 0 unspecified atom stereocenters. The van der Waals surface area contributed by atoms with Gasteiger partial charge in [0.15, 0.2) is 29.0 Å². The van der Waals surface area contributed by atoms with E-state index in [1.807, 2.05) is 0 Å². The first kappa shape index (κ1) is 26.3. The number of rotatable bonds is 6. The zero-order valence-electron chi connectivity index (χ0n) is 21.4. The Bertz CT molecular complexity index is 1470. The van der Waals surface area contributed by atoms with Crippen LogP contribution in [0.3, 0.4) is 0 Å². The zero-order valence-corrected chi connectivity index (χ0v) is 21.4. The molecule has 0 amide bonds. The van der Waals surface area contributed by atoms with E-state index >= 15 is 0 Å². The fourth-order valence-electron chi connectivity index (χ4n) is 4.01. The molecule has 3 aromatic heterocycles. The summed E-state index contributed by atoms with van der Waals surface area (Å²) in [5.41, 5.74) is 1.27. The van der Waals surface area contributed by atoms with Gasteiger partial charge in [-0.05, 0) is 37.3 Å². The van der Waals surface area contributed by atoms with Crippen LogP contribution in [0, 0.1) is 12.7 Å². The second kappa shape index (κ2) is 10.4. The Morgan fingerprint density at radius 2 is 1.74 bits per heavy atom. The molecule has 204 valence electrons. The molecule has 5 rings (SSSR count). The summed E-state index contributed by atoms with van der Waals surface area (Å²) in [5.74, 6) is 0.233. The van der Waals surface area contributed by atoms with Crippen LogP contribution in [-0.2, 0) is 10.9 Å². The van der Waals surface area contributed by atoms with Gasteiger partial charge in [-0.1, -0.05) is 0 Å². The monoisotopic (exact) mass is 543 g/mol. The topological polar surface area (TPSA) is 97.1 Å². The number of pyridine rings is 1. The molecular weight excluding hydrogens is 518 g/mol. The zero-order chi connectivity index (χ0) is 27.7. The molecule has 10 nitrogen and oxygen atoms in total. The van der Waals surface area contributed by atoms with Crippen LogP contribution in [0.2, 0.25) is 0 Å². The van der Waals surface area contributed by atoms with Crippen molar-refractivity contribution in [2.45, 2.75) is 13.1 Å². The molecule has 0 saturated carbocycles. The molecule has 1 aliphatic heterocycles. The van der Waals surface area contributed by atoms with Crippen molar-refractivity contribution >= 4 is 22.9 Å². The molecule has 0 spiro atoms. The summed E-state index contributed by atoms with van der Waals surface area (Å²) < 4.78 is 59.9. The fourth-order valence-corrected chi connectivity index (χ4v) is 4.01. The van der Waals surface area contributed by atoms with E-state index in [-0.39, 0.29) is 17.3 Å². The number of benzene rings is 1. The summed E-state index contributed by atoms with van der Waals surface area (Å²) in [4.78, 5) is 17.5. The Labute approximate surface area is 221 Å². The van der Waals surface area contributed by atoms with Gasteiger partial charge in [-0.15, -0.1) is 9.90 Å². The molecule has 0 aliphatic carbocycles. The number of aromatic nitrogens is 6. The van der Waals surface area contributed by atoms with Crippen LogP contribution in [0.15, 0.2) is 42.7 Å². The molecule has 0 atom stereocenters. The summed E-state index contributed by atoms with van der Waals surface area (Å²) in [6.45, 7) is 3.72. The van der Waals surface area contributed by atoms with E-state index in [0.717, 1.165) is 18.3 Å². The molecular formula is C25H25F4N9O. The Morgan fingerprint density at radius 3 is 2.41 bits per heavy atom. The lowest BCUT2D eigenvalue weighted by atomic mass is 10.1. The first-order valence-electron chi connectivity index (χ1n) is 12.0. The van der Waals surface area contributed by atoms with Gasteiger partial charge in [0, 0.05) is 38.6 Å². The van der Waals surface area contributed by atoms with Crippen LogP contribution in [0.1, 0.15) is 11.3 Å². The van der Waals surface area contributed by atoms with Crippen LogP contribution < -0.4 is 15.1 Å². The summed E-state index contributed by atoms with van der Waals surface area (Å²) in [6.07, 6.45) is -1.91. The quantitative estimate of drug-likeness (QED) is 0.359. The van der Waals surface area contributed by atoms with Gasteiger partial charge in [-0.2, -0.15) is 18.3 Å². The van der Waals surface area contributed by atoms with Gasteiger partial charge in [0.05, 0.1) is 42.6 Å². The summed E-state index contributed by atoms with van der Waals surface area (Å²) in [6, 6.07) is 7.02. The largest absolute Gasteiger partial charge is 0.416 e. The molecule has 1 saturated heterocycles. The summed E-state index contributed by atoms with van der Waals surface area (Å²) in [5, 5.41) is 11.8. The standard InChI is InChI=1S/C25H25F4N9O/c1-15-22(23-31-14-20(26)24(33-23)37-6-8-39-9-7-37)35-38(34-15)21-5-4-17(13-30-21)32-18-10-16(25(27,28)29)11-19(12-18)36(2)3/h4-5,10-14,32H,6-9H2,1-3H3. The predicted molar refractivity (Wildman–Crippen MR) is 137 cm³/mol. The van der Waals surface area contributed by atoms with Crippen LogP contribution in [0.4, 0.5) is 40.4 Å². The van der Waals surface area contributed by atoms with E-state index in [1.54, 1.807) is 49.0 Å². The molecule has 1 aromatic carbocycles. The molecule has 0 bridgehead atoms. The molecule has 1 aliphatic rings. The molecule has 4 aromatic rings. The minimum atomic E-state index is -4.48. The van der Waals surface area contributed by atoms with Crippen molar-refractivity contribution in [3.8, 4) is 17.3 Å². The van der Waals surface area contributed by atoms with Gasteiger partial charge in [0.25, 0.3) is 0 Å². The van der Waals surface area contributed by atoms with Gasteiger partial charge < -0.3 is 19.9 Å². The minimum absolute atomic E-state index is 0.179. The highest BCUT2D eigenvalue weighted by Crippen LogP contribution is 2.35. The van der Waals surface area contributed by atoms with Crippen molar-refractivity contribution in [1.82, 2.24) is 29.9 Å². The molecule has 0 radical (unpaired) electrons. The summed E-state index contributed by atoms with van der Waals surface area (Å²) in [7, 11) is 3.34. The van der Waals surface area contributed by atoms with Crippen molar-refractivity contribution in [2.24, 2.45) is 0 Å². The SMILES string of the molecule is Cc1nn(-c2ccc(Nc3cc(N(C)C)cc(C(F)(F)F)c3)cn2)nc1-c1ncc(F)c(N2CCOCC2)n1.